The average molecular weight is 331 g/mol. The van der Waals surface area contributed by atoms with Crippen molar-refractivity contribution in [3.8, 4) is 17.1 Å². The molecule has 0 aliphatic carbocycles. The number of aryl methyl sites for hydroxylation is 2. The van der Waals surface area contributed by atoms with Crippen LogP contribution in [0.2, 0.25) is 0 Å². The van der Waals surface area contributed by atoms with Gasteiger partial charge in [-0.15, -0.1) is 10.2 Å². The highest BCUT2D eigenvalue weighted by molar-refractivity contribution is 5.81. The highest BCUT2D eigenvalue weighted by Gasteiger charge is 2.14. The van der Waals surface area contributed by atoms with E-state index in [1.54, 1.807) is 6.33 Å². The second kappa shape index (κ2) is 5.84. The van der Waals surface area contributed by atoms with Gasteiger partial charge >= 0.3 is 0 Å². The van der Waals surface area contributed by atoms with Gasteiger partial charge in [0.15, 0.2) is 5.82 Å². The van der Waals surface area contributed by atoms with E-state index in [4.69, 9.17) is 0 Å². The van der Waals surface area contributed by atoms with Crippen LogP contribution in [0.1, 0.15) is 31.3 Å². The molecular formula is C20H21N5. The van der Waals surface area contributed by atoms with Crippen LogP contribution in [-0.4, -0.2) is 24.3 Å². The van der Waals surface area contributed by atoms with E-state index in [-0.39, 0.29) is 0 Å². The van der Waals surface area contributed by atoms with Crippen LogP contribution in [0.25, 0.3) is 28.1 Å². The van der Waals surface area contributed by atoms with Crippen LogP contribution >= 0.6 is 0 Å². The van der Waals surface area contributed by atoms with Gasteiger partial charge in [-0.1, -0.05) is 12.1 Å². The summed E-state index contributed by atoms with van der Waals surface area (Å²) in [6.07, 6.45) is 1.76. The van der Waals surface area contributed by atoms with Crippen LogP contribution in [0.3, 0.4) is 0 Å². The molecule has 0 aliphatic heterocycles. The Morgan fingerprint density at radius 2 is 1.84 bits per heavy atom. The summed E-state index contributed by atoms with van der Waals surface area (Å²) in [5, 5.41) is 8.50. The zero-order chi connectivity index (χ0) is 17.6. The molecule has 2 heterocycles. The summed E-state index contributed by atoms with van der Waals surface area (Å²) in [6.45, 7) is 8.49. The summed E-state index contributed by atoms with van der Waals surface area (Å²) < 4.78 is 4.28. The fourth-order valence-corrected chi connectivity index (χ4v) is 3.40. The summed E-state index contributed by atoms with van der Waals surface area (Å²) in [4.78, 5) is 4.67. The number of hydrogen-bond acceptors (Lipinski definition) is 3. The molecule has 0 radical (unpaired) electrons. The fourth-order valence-electron chi connectivity index (χ4n) is 3.40. The van der Waals surface area contributed by atoms with Crippen molar-refractivity contribution in [1.82, 2.24) is 24.3 Å². The molecule has 0 fully saturated rings. The SMILES string of the molecule is Cc1cccc(-n2cnnc2-c2ccc3nc(C)n(C(C)C)c3c2)c1. The highest BCUT2D eigenvalue weighted by Crippen LogP contribution is 2.27. The monoisotopic (exact) mass is 331 g/mol. The number of nitrogens with zero attached hydrogens (tertiary/aromatic N) is 5. The van der Waals surface area contributed by atoms with Crippen molar-refractivity contribution in [2.24, 2.45) is 0 Å². The minimum absolute atomic E-state index is 0.356. The summed E-state index contributed by atoms with van der Waals surface area (Å²) in [6, 6.07) is 15.0. The molecule has 0 spiro atoms. The number of imidazole rings is 1. The molecule has 0 N–H and O–H groups in total. The number of benzene rings is 2. The van der Waals surface area contributed by atoms with Crippen LogP contribution < -0.4 is 0 Å². The Morgan fingerprint density at radius 3 is 2.60 bits per heavy atom. The topological polar surface area (TPSA) is 48.5 Å². The van der Waals surface area contributed by atoms with Gasteiger partial charge in [0.25, 0.3) is 0 Å². The third-order valence-corrected chi connectivity index (χ3v) is 4.47. The maximum absolute atomic E-state index is 4.67. The fraction of sp³-hybridized carbons (Fsp3) is 0.250. The zero-order valence-electron chi connectivity index (χ0n) is 14.9. The van der Waals surface area contributed by atoms with E-state index in [0.29, 0.717) is 6.04 Å². The van der Waals surface area contributed by atoms with Gasteiger partial charge in [-0.25, -0.2) is 4.98 Å². The Morgan fingerprint density at radius 1 is 1.00 bits per heavy atom. The Hall–Kier alpha value is -2.95. The maximum Gasteiger partial charge on any atom is 0.168 e. The van der Waals surface area contributed by atoms with E-state index in [1.807, 2.05) is 4.57 Å². The van der Waals surface area contributed by atoms with Gasteiger partial charge in [0, 0.05) is 17.3 Å². The van der Waals surface area contributed by atoms with Gasteiger partial charge in [-0.05, 0) is 63.6 Å². The largest absolute Gasteiger partial charge is 0.326 e. The van der Waals surface area contributed by atoms with Crippen molar-refractivity contribution >= 4 is 11.0 Å². The number of rotatable bonds is 3. The van der Waals surface area contributed by atoms with Gasteiger partial charge in [0.05, 0.1) is 11.0 Å². The Bertz CT molecular complexity index is 1060. The van der Waals surface area contributed by atoms with Gasteiger partial charge in [0.2, 0.25) is 0 Å². The molecule has 126 valence electrons. The molecule has 4 rings (SSSR count). The lowest BCUT2D eigenvalue weighted by Gasteiger charge is -2.12. The van der Waals surface area contributed by atoms with Crippen molar-refractivity contribution < 1.29 is 0 Å². The first kappa shape index (κ1) is 15.6. The lowest BCUT2D eigenvalue weighted by molar-refractivity contribution is 0.600. The molecule has 5 nitrogen and oxygen atoms in total. The molecule has 2 aromatic carbocycles. The van der Waals surface area contributed by atoms with Crippen molar-refractivity contribution in [3.63, 3.8) is 0 Å². The summed E-state index contributed by atoms with van der Waals surface area (Å²) in [5.41, 5.74) is 5.45. The predicted octanol–water partition coefficient (Wildman–Crippen LogP) is 4.48. The second-order valence-electron chi connectivity index (χ2n) is 6.69. The molecule has 0 unspecified atom stereocenters. The van der Waals surface area contributed by atoms with E-state index in [1.165, 1.54) is 5.56 Å². The lowest BCUT2D eigenvalue weighted by atomic mass is 10.1. The zero-order valence-corrected chi connectivity index (χ0v) is 14.9. The Labute approximate surface area is 147 Å². The van der Waals surface area contributed by atoms with Crippen molar-refractivity contribution in [3.05, 3.63) is 60.2 Å². The van der Waals surface area contributed by atoms with Crippen LogP contribution in [0.4, 0.5) is 0 Å². The van der Waals surface area contributed by atoms with Crippen LogP contribution in [0.15, 0.2) is 48.8 Å². The molecule has 0 aliphatic rings. The maximum atomic E-state index is 4.67. The highest BCUT2D eigenvalue weighted by atomic mass is 15.3. The van der Waals surface area contributed by atoms with E-state index in [2.05, 4.69) is 89.9 Å². The van der Waals surface area contributed by atoms with E-state index >= 15 is 0 Å². The van der Waals surface area contributed by atoms with Crippen LogP contribution in [-0.2, 0) is 0 Å². The standard InChI is InChI=1S/C20H21N5/c1-13(2)25-15(4)22-18-9-8-16(11-19(18)25)20-23-21-12-24(20)17-7-5-6-14(3)10-17/h5-13H,1-4H3. The first-order valence-corrected chi connectivity index (χ1v) is 8.50. The third kappa shape index (κ3) is 2.61. The van der Waals surface area contributed by atoms with E-state index in [9.17, 15) is 0 Å². The summed E-state index contributed by atoms with van der Waals surface area (Å²) in [5.74, 6) is 1.86. The van der Waals surface area contributed by atoms with Crippen molar-refractivity contribution in [2.45, 2.75) is 33.7 Å². The Kier molecular flexibility index (Phi) is 3.64. The molecule has 0 amide bonds. The molecule has 2 aromatic heterocycles. The minimum atomic E-state index is 0.356. The normalized spacial score (nSPS) is 11.6. The van der Waals surface area contributed by atoms with E-state index < -0.39 is 0 Å². The quantitative estimate of drug-likeness (QED) is 0.556. The first-order chi connectivity index (χ1) is 12.0. The molecule has 0 saturated carbocycles. The Balaban J connectivity index is 1.89. The van der Waals surface area contributed by atoms with Crippen LogP contribution in [0, 0.1) is 13.8 Å². The molecule has 4 aromatic rings. The van der Waals surface area contributed by atoms with Gasteiger partial charge in [-0.2, -0.15) is 0 Å². The number of hydrogen-bond donors (Lipinski definition) is 0. The lowest BCUT2D eigenvalue weighted by Crippen LogP contribution is -2.03. The second-order valence-corrected chi connectivity index (χ2v) is 6.69. The van der Waals surface area contributed by atoms with Gasteiger partial charge in [-0.3, -0.25) is 4.57 Å². The van der Waals surface area contributed by atoms with Gasteiger partial charge in [0.1, 0.15) is 12.2 Å². The average Bonchev–Trinajstić information content (AvgIpc) is 3.17. The van der Waals surface area contributed by atoms with Crippen LogP contribution in [0.5, 0.6) is 0 Å². The van der Waals surface area contributed by atoms with Gasteiger partial charge < -0.3 is 4.57 Å². The molecule has 0 bridgehead atoms. The molecule has 0 saturated heterocycles. The summed E-state index contributed by atoms with van der Waals surface area (Å²) in [7, 11) is 0. The number of aromatic nitrogens is 5. The smallest absolute Gasteiger partial charge is 0.168 e. The first-order valence-electron chi connectivity index (χ1n) is 8.50. The third-order valence-electron chi connectivity index (χ3n) is 4.47. The molecule has 25 heavy (non-hydrogen) atoms. The summed E-state index contributed by atoms with van der Waals surface area (Å²) >= 11 is 0. The van der Waals surface area contributed by atoms with Crippen molar-refractivity contribution in [1.29, 1.82) is 0 Å². The molecule has 0 atom stereocenters. The number of fused-ring (bicyclic) bond motifs is 1. The predicted molar refractivity (Wildman–Crippen MR) is 99.9 cm³/mol. The minimum Gasteiger partial charge on any atom is -0.326 e. The van der Waals surface area contributed by atoms with E-state index in [0.717, 1.165) is 33.9 Å². The molecule has 5 heteroatoms. The molecular weight excluding hydrogens is 310 g/mol. The van der Waals surface area contributed by atoms with Crippen molar-refractivity contribution in [2.75, 3.05) is 0 Å².